The van der Waals surface area contributed by atoms with E-state index in [0.717, 1.165) is 10.6 Å². The second-order valence-corrected chi connectivity index (χ2v) is 5.77. The summed E-state index contributed by atoms with van der Waals surface area (Å²) in [7, 11) is 1.69. The summed E-state index contributed by atoms with van der Waals surface area (Å²) in [6, 6.07) is 3.35. The highest BCUT2D eigenvalue weighted by molar-refractivity contribution is 7.10. The number of rotatable bonds is 3. The first-order valence-corrected chi connectivity index (χ1v) is 7.22. The molecule has 0 fully saturated rings. The van der Waals surface area contributed by atoms with Crippen molar-refractivity contribution in [1.29, 1.82) is 0 Å². The highest BCUT2D eigenvalue weighted by atomic mass is 32.1. The zero-order valence-corrected chi connectivity index (χ0v) is 11.9. The van der Waals surface area contributed by atoms with Crippen LogP contribution in [0.3, 0.4) is 0 Å². The summed E-state index contributed by atoms with van der Waals surface area (Å²) in [6.07, 6.45) is 1.70. The molecule has 104 valence electrons. The van der Waals surface area contributed by atoms with Crippen LogP contribution in [0.4, 0.5) is 4.79 Å². The number of carbonyl (C=O) groups excluding carboxylic acids is 2. The maximum Gasteiger partial charge on any atom is 0.322 e. The lowest BCUT2D eigenvalue weighted by Crippen LogP contribution is -2.45. The van der Waals surface area contributed by atoms with Crippen LogP contribution in [0.2, 0.25) is 0 Å². The third-order valence-electron chi connectivity index (χ3n) is 3.61. The average molecular weight is 289 g/mol. The third kappa shape index (κ3) is 1.84. The van der Waals surface area contributed by atoms with E-state index in [4.69, 9.17) is 0 Å². The Morgan fingerprint density at radius 1 is 1.55 bits per heavy atom. The molecular formula is C14H15N3O2S. The summed E-state index contributed by atoms with van der Waals surface area (Å²) >= 11 is 1.54. The van der Waals surface area contributed by atoms with Crippen molar-refractivity contribution in [3.05, 3.63) is 46.3 Å². The maximum atomic E-state index is 12.5. The number of nitrogens with one attached hydrogen (secondary N) is 1. The van der Waals surface area contributed by atoms with E-state index in [1.807, 2.05) is 17.5 Å². The van der Waals surface area contributed by atoms with Crippen molar-refractivity contribution in [2.24, 2.45) is 0 Å². The van der Waals surface area contributed by atoms with Crippen molar-refractivity contribution >= 4 is 23.3 Å². The predicted octanol–water partition coefficient (Wildman–Crippen LogP) is 1.73. The number of amides is 3. The monoisotopic (exact) mass is 289 g/mol. The first kappa shape index (κ1) is 12.9. The van der Waals surface area contributed by atoms with E-state index in [2.05, 4.69) is 11.9 Å². The van der Waals surface area contributed by atoms with Gasteiger partial charge in [0.2, 0.25) is 0 Å². The molecule has 6 heteroatoms. The molecule has 3 amide bonds. The SMILES string of the molecule is C=CCN1CC2=C(C1=O)C(c1cccs1)NC(=O)N2C. The molecule has 3 heterocycles. The fourth-order valence-electron chi connectivity index (χ4n) is 2.60. The molecule has 0 saturated carbocycles. The maximum absolute atomic E-state index is 12.5. The summed E-state index contributed by atoms with van der Waals surface area (Å²) in [6.45, 7) is 4.63. The minimum Gasteiger partial charge on any atom is -0.329 e. The molecule has 2 aliphatic heterocycles. The van der Waals surface area contributed by atoms with Gasteiger partial charge in [0.05, 0.1) is 23.9 Å². The molecule has 5 nitrogen and oxygen atoms in total. The van der Waals surface area contributed by atoms with Gasteiger partial charge in [0.1, 0.15) is 0 Å². The lowest BCUT2D eigenvalue weighted by atomic mass is 10.0. The normalized spacial score (nSPS) is 22.1. The molecule has 0 bridgehead atoms. The van der Waals surface area contributed by atoms with E-state index in [1.165, 1.54) is 16.2 Å². The largest absolute Gasteiger partial charge is 0.329 e. The molecule has 1 N–H and O–H groups in total. The quantitative estimate of drug-likeness (QED) is 0.862. The highest BCUT2D eigenvalue weighted by Crippen LogP contribution is 2.36. The number of hydrogen-bond donors (Lipinski definition) is 1. The fourth-order valence-corrected chi connectivity index (χ4v) is 3.38. The van der Waals surface area contributed by atoms with E-state index in [0.29, 0.717) is 18.7 Å². The van der Waals surface area contributed by atoms with Crippen molar-refractivity contribution in [1.82, 2.24) is 15.1 Å². The molecule has 0 aliphatic carbocycles. The average Bonchev–Trinajstić information content (AvgIpc) is 3.05. The van der Waals surface area contributed by atoms with Crippen molar-refractivity contribution in [2.75, 3.05) is 20.1 Å². The second kappa shape index (κ2) is 4.79. The molecule has 0 saturated heterocycles. The van der Waals surface area contributed by atoms with Crippen LogP contribution >= 0.6 is 11.3 Å². The standard InChI is InChI=1S/C14H15N3O2S/c1-3-6-17-8-9-11(13(17)18)12(10-5-4-7-20-10)15-14(19)16(9)2/h3-5,7,12H,1,6,8H2,2H3,(H,15,19). The Hall–Kier alpha value is -2.08. The van der Waals surface area contributed by atoms with Gasteiger partial charge in [0, 0.05) is 18.5 Å². The summed E-state index contributed by atoms with van der Waals surface area (Å²) in [4.78, 5) is 28.8. The van der Waals surface area contributed by atoms with Gasteiger partial charge in [0.15, 0.2) is 0 Å². The Balaban J connectivity index is 2.03. The molecule has 1 aromatic heterocycles. The van der Waals surface area contributed by atoms with Gasteiger partial charge in [-0.2, -0.15) is 0 Å². The summed E-state index contributed by atoms with van der Waals surface area (Å²) in [5.74, 6) is -0.0230. The Kier molecular flexibility index (Phi) is 3.10. The van der Waals surface area contributed by atoms with Crippen LogP contribution in [0.15, 0.2) is 41.4 Å². The predicted molar refractivity (Wildman–Crippen MR) is 77.2 cm³/mol. The Bertz CT molecular complexity index is 606. The minimum atomic E-state index is -0.337. The van der Waals surface area contributed by atoms with Gasteiger partial charge < -0.3 is 10.2 Å². The van der Waals surface area contributed by atoms with Gasteiger partial charge in [-0.05, 0) is 11.4 Å². The van der Waals surface area contributed by atoms with Gasteiger partial charge >= 0.3 is 6.03 Å². The number of carbonyl (C=O) groups is 2. The van der Waals surface area contributed by atoms with Crippen molar-refractivity contribution < 1.29 is 9.59 Å². The molecule has 1 aromatic rings. The smallest absolute Gasteiger partial charge is 0.322 e. The zero-order chi connectivity index (χ0) is 14.3. The van der Waals surface area contributed by atoms with Gasteiger partial charge in [-0.15, -0.1) is 17.9 Å². The highest BCUT2D eigenvalue weighted by Gasteiger charge is 2.42. The lowest BCUT2D eigenvalue weighted by molar-refractivity contribution is -0.125. The fraction of sp³-hybridized carbons (Fsp3) is 0.286. The second-order valence-electron chi connectivity index (χ2n) is 4.79. The van der Waals surface area contributed by atoms with Gasteiger partial charge in [0.25, 0.3) is 5.91 Å². The molecule has 0 spiro atoms. The van der Waals surface area contributed by atoms with Crippen LogP contribution in [0, 0.1) is 0 Å². The van der Waals surface area contributed by atoms with Gasteiger partial charge in [-0.3, -0.25) is 9.69 Å². The summed E-state index contributed by atoms with van der Waals surface area (Å²) in [5, 5.41) is 4.84. The van der Waals surface area contributed by atoms with E-state index in [-0.39, 0.29) is 18.0 Å². The van der Waals surface area contributed by atoms with Crippen LogP contribution in [0.25, 0.3) is 0 Å². The van der Waals surface area contributed by atoms with E-state index < -0.39 is 0 Å². The molecule has 1 atom stereocenters. The first-order valence-electron chi connectivity index (χ1n) is 6.34. The Morgan fingerprint density at radius 3 is 3.00 bits per heavy atom. The summed E-state index contributed by atoms with van der Waals surface area (Å²) < 4.78 is 0. The molecule has 2 aliphatic rings. The number of hydrogen-bond acceptors (Lipinski definition) is 3. The Morgan fingerprint density at radius 2 is 2.35 bits per heavy atom. The molecular weight excluding hydrogens is 274 g/mol. The molecule has 0 aromatic carbocycles. The van der Waals surface area contributed by atoms with Crippen LogP contribution in [0.1, 0.15) is 10.9 Å². The zero-order valence-electron chi connectivity index (χ0n) is 11.1. The Labute approximate surface area is 121 Å². The topological polar surface area (TPSA) is 52.7 Å². The number of nitrogens with zero attached hydrogens (tertiary/aromatic N) is 2. The van der Waals surface area contributed by atoms with Crippen molar-refractivity contribution in [3.63, 3.8) is 0 Å². The van der Waals surface area contributed by atoms with E-state index in [1.54, 1.807) is 18.0 Å². The number of urea groups is 1. The van der Waals surface area contributed by atoms with Crippen molar-refractivity contribution in [2.45, 2.75) is 6.04 Å². The van der Waals surface area contributed by atoms with Gasteiger partial charge in [-0.1, -0.05) is 12.1 Å². The number of likely N-dealkylation sites (N-methyl/N-ethyl adjacent to an activating group) is 1. The number of thiophene rings is 1. The molecule has 20 heavy (non-hydrogen) atoms. The van der Waals surface area contributed by atoms with Gasteiger partial charge in [-0.25, -0.2) is 4.79 Å². The van der Waals surface area contributed by atoms with Crippen LogP contribution in [-0.4, -0.2) is 41.9 Å². The van der Waals surface area contributed by atoms with Crippen LogP contribution in [0.5, 0.6) is 0 Å². The molecule has 3 rings (SSSR count). The summed E-state index contributed by atoms with van der Waals surface area (Å²) in [5.41, 5.74) is 1.47. The van der Waals surface area contributed by atoms with Crippen LogP contribution < -0.4 is 5.32 Å². The van der Waals surface area contributed by atoms with E-state index >= 15 is 0 Å². The first-order chi connectivity index (χ1) is 9.63. The third-order valence-corrected chi connectivity index (χ3v) is 4.55. The molecule has 1 unspecified atom stereocenters. The lowest BCUT2D eigenvalue weighted by Gasteiger charge is -2.30. The molecule has 0 radical (unpaired) electrons. The minimum absolute atomic E-state index is 0.0230. The van der Waals surface area contributed by atoms with Crippen molar-refractivity contribution in [3.8, 4) is 0 Å². The van der Waals surface area contributed by atoms with E-state index in [9.17, 15) is 9.59 Å². The van der Waals surface area contributed by atoms with Crippen LogP contribution in [-0.2, 0) is 4.79 Å².